The lowest BCUT2D eigenvalue weighted by molar-refractivity contribution is 0.0976. The van der Waals surface area contributed by atoms with E-state index in [-0.39, 0.29) is 11.9 Å². The molecule has 5 nitrogen and oxygen atoms in total. The van der Waals surface area contributed by atoms with Crippen LogP contribution >= 0.6 is 0 Å². The second-order valence-electron chi connectivity index (χ2n) is 5.46. The molecule has 0 saturated carbocycles. The van der Waals surface area contributed by atoms with Crippen LogP contribution in [0.25, 0.3) is 0 Å². The molecule has 0 aromatic heterocycles. The van der Waals surface area contributed by atoms with Crippen molar-refractivity contribution in [1.29, 1.82) is 0 Å². The zero-order chi connectivity index (χ0) is 15.2. The molecule has 0 amide bonds. The predicted molar refractivity (Wildman–Crippen MR) is 82.4 cm³/mol. The van der Waals surface area contributed by atoms with Crippen LogP contribution in [-0.4, -0.2) is 57.6 Å². The van der Waals surface area contributed by atoms with Crippen molar-refractivity contribution in [3.8, 4) is 11.5 Å². The van der Waals surface area contributed by atoms with E-state index >= 15 is 0 Å². The molecule has 116 valence electrons. The summed E-state index contributed by atoms with van der Waals surface area (Å²) in [5.41, 5.74) is 0.643. The molecule has 1 unspecified atom stereocenters. The van der Waals surface area contributed by atoms with Crippen molar-refractivity contribution in [3.05, 3.63) is 23.8 Å². The van der Waals surface area contributed by atoms with Gasteiger partial charge in [-0.1, -0.05) is 0 Å². The van der Waals surface area contributed by atoms with Crippen molar-refractivity contribution in [2.45, 2.75) is 18.9 Å². The number of likely N-dealkylation sites (tertiary alicyclic amines) is 1. The maximum absolute atomic E-state index is 12.0. The van der Waals surface area contributed by atoms with Gasteiger partial charge in [-0.3, -0.25) is 4.79 Å². The van der Waals surface area contributed by atoms with Gasteiger partial charge in [-0.15, -0.1) is 0 Å². The van der Waals surface area contributed by atoms with Crippen LogP contribution < -0.4 is 14.8 Å². The number of nitrogens with one attached hydrogen (secondary N) is 1. The number of Topliss-reactive ketones (excluding diaryl/α,β-unsaturated/α-hetero) is 1. The van der Waals surface area contributed by atoms with E-state index in [1.165, 1.54) is 0 Å². The molecule has 21 heavy (non-hydrogen) atoms. The van der Waals surface area contributed by atoms with Gasteiger partial charge in [-0.2, -0.15) is 0 Å². The first-order chi connectivity index (χ1) is 10.1. The molecule has 1 aromatic carbocycles. The van der Waals surface area contributed by atoms with E-state index in [4.69, 9.17) is 9.47 Å². The number of ether oxygens (including phenoxy) is 2. The fourth-order valence-corrected chi connectivity index (χ4v) is 2.60. The van der Waals surface area contributed by atoms with E-state index in [0.717, 1.165) is 25.9 Å². The molecule has 5 heteroatoms. The zero-order valence-corrected chi connectivity index (χ0v) is 13.0. The Kier molecular flexibility index (Phi) is 5.59. The van der Waals surface area contributed by atoms with Gasteiger partial charge >= 0.3 is 0 Å². The van der Waals surface area contributed by atoms with Crippen molar-refractivity contribution in [3.63, 3.8) is 0 Å². The molecule has 1 aliphatic rings. The van der Waals surface area contributed by atoms with Crippen molar-refractivity contribution in [2.75, 3.05) is 40.8 Å². The minimum atomic E-state index is 0.0470. The van der Waals surface area contributed by atoms with Crippen LogP contribution in [0.1, 0.15) is 23.2 Å². The highest BCUT2D eigenvalue weighted by Crippen LogP contribution is 2.30. The Morgan fingerprint density at radius 3 is 2.90 bits per heavy atom. The van der Waals surface area contributed by atoms with Gasteiger partial charge in [-0.05, 0) is 51.7 Å². The summed E-state index contributed by atoms with van der Waals surface area (Å²) < 4.78 is 11.4. The topological polar surface area (TPSA) is 50.8 Å². The molecule has 1 fully saturated rings. The molecule has 1 atom stereocenters. The number of methoxy groups -OCH3 is 1. The minimum Gasteiger partial charge on any atom is -0.493 e. The van der Waals surface area contributed by atoms with Crippen LogP contribution in [-0.2, 0) is 0 Å². The average Bonchev–Trinajstić information content (AvgIpc) is 2.47. The highest BCUT2D eigenvalue weighted by atomic mass is 16.5. The van der Waals surface area contributed by atoms with Crippen LogP contribution in [0, 0.1) is 0 Å². The summed E-state index contributed by atoms with van der Waals surface area (Å²) in [6, 6.07) is 5.36. The summed E-state index contributed by atoms with van der Waals surface area (Å²) in [6.07, 6.45) is 2.30. The number of hydrogen-bond acceptors (Lipinski definition) is 5. The van der Waals surface area contributed by atoms with E-state index in [0.29, 0.717) is 23.6 Å². The van der Waals surface area contributed by atoms with Gasteiger partial charge in [0.25, 0.3) is 0 Å². The van der Waals surface area contributed by atoms with E-state index < -0.39 is 0 Å². The van der Waals surface area contributed by atoms with Gasteiger partial charge in [0.05, 0.1) is 13.7 Å². The van der Waals surface area contributed by atoms with Crippen molar-refractivity contribution < 1.29 is 14.3 Å². The Bertz CT molecular complexity index is 490. The van der Waals surface area contributed by atoms with Crippen molar-refractivity contribution in [2.24, 2.45) is 0 Å². The Morgan fingerprint density at radius 1 is 1.43 bits per heavy atom. The summed E-state index contributed by atoms with van der Waals surface area (Å²) in [5.74, 6) is 1.37. The third-order valence-corrected chi connectivity index (χ3v) is 3.70. The van der Waals surface area contributed by atoms with E-state index in [9.17, 15) is 4.79 Å². The first-order valence-corrected chi connectivity index (χ1v) is 7.35. The lowest BCUT2D eigenvalue weighted by Gasteiger charge is -2.30. The number of piperidine rings is 1. The maximum atomic E-state index is 12.0. The first-order valence-electron chi connectivity index (χ1n) is 7.35. The summed E-state index contributed by atoms with van der Waals surface area (Å²) in [6.45, 7) is 2.33. The fourth-order valence-electron chi connectivity index (χ4n) is 2.60. The molecule has 0 radical (unpaired) electrons. The molecular formula is C16H24N2O3. The molecule has 0 spiro atoms. The van der Waals surface area contributed by atoms with Gasteiger partial charge in [0.2, 0.25) is 0 Å². The van der Waals surface area contributed by atoms with Crippen molar-refractivity contribution >= 4 is 5.78 Å². The molecule has 0 bridgehead atoms. The monoisotopic (exact) mass is 292 g/mol. The van der Waals surface area contributed by atoms with Crippen molar-refractivity contribution in [1.82, 2.24) is 10.2 Å². The molecule has 1 aliphatic heterocycles. The van der Waals surface area contributed by atoms with Crippen LogP contribution in [0.5, 0.6) is 11.5 Å². The minimum absolute atomic E-state index is 0.0470. The van der Waals surface area contributed by atoms with Gasteiger partial charge in [0, 0.05) is 12.1 Å². The quantitative estimate of drug-likeness (QED) is 0.807. The van der Waals surface area contributed by atoms with Crippen LogP contribution in [0.2, 0.25) is 0 Å². The number of hydrogen-bond donors (Lipinski definition) is 1. The van der Waals surface area contributed by atoms with E-state index in [1.54, 1.807) is 32.4 Å². The van der Waals surface area contributed by atoms with Gasteiger partial charge in [0.1, 0.15) is 6.10 Å². The Morgan fingerprint density at radius 2 is 2.24 bits per heavy atom. The summed E-state index contributed by atoms with van der Waals surface area (Å²) >= 11 is 0. The van der Waals surface area contributed by atoms with Gasteiger partial charge in [0.15, 0.2) is 17.3 Å². The van der Waals surface area contributed by atoms with Gasteiger partial charge < -0.3 is 19.7 Å². The first kappa shape index (κ1) is 15.8. The Balaban J connectivity index is 2.15. The standard InChI is InChI=1S/C16H24N2O3/c1-17-10-14(19)12-6-7-15(20-3)16(9-12)21-13-5-4-8-18(2)11-13/h6-7,9,13,17H,4-5,8,10-11H2,1-3H3. The fraction of sp³-hybridized carbons (Fsp3) is 0.562. The number of carbonyl (C=O) groups is 1. The lowest BCUT2D eigenvalue weighted by Crippen LogP contribution is -2.38. The Labute approximate surface area is 126 Å². The third-order valence-electron chi connectivity index (χ3n) is 3.70. The SMILES string of the molecule is CNCC(=O)c1ccc(OC)c(OC2CCCN(C)C2)c1. The average molecular weight is 292 g/mol. The summed E-state index contributed by atoms with van der Waals surface area (Å²) in [4.78, 5) is 14.2. The number of rotatable bonds is 6. The van der Waals surface area contributed by atoms with E-state index in [1.807, 2.05) is 0 Å². The largest absolute Gasteiger partial charge is 0.493 e. The molecule has 1 heterocycles. The smallest absolute Gasteiger partial charge is 0.176 e. The lowest BCUT2D eigenvalue weighted by atomic mass is 10.1. The Hall–Kier alpha value is -1.59. The number of carbonyl (C=O) groups excluding carboxylic acids is 1. The molecule has 1 saturated heterocycles. The normalized spacial score (nSPS) is 19.3. The summed E-state index contributed by atoms with van der Waals surface area (Å²) in [5, 5.41) is 2.87. The molecule has 1 N–H and O–H groups in total. The van der Waals surface area contributed by atoms with Crippen LogP contribution in [0.3, 0.4) is 0 Å². The molecule has 2 rings (SSSR count). The number of benzene rings is 1. The maximum Gasteiger partial charge on any atom is 0.176 e. The molecule has 0 aliphatic carbocycles. The predicted octanol–water partition coefficient (Wildman–Crippen LogP) is 1.57. The second-order valence-corrected chi connectivity index (χ2v) is 5.46. The van der Waals surface area contributed by atoms with E-state index in [2.05, 4.69) is 17.3 Å². The number of ketones is 1. The second kappa shape index (κ2) is 7.43. The summed E-state index contributed by atoms with van der Waals surface area (Å²) in [7, 11) is 5.47. The number of nitrogens with zero attached hydrogens (tertiary/aromatic N) is 1. The highest BCUT2D eigenvalue weighted by Gasteiger charge is 2.20. The van der Waals surface area contributed by atoms with Crippen LogP contribution in [0.4, 0.5) is 0 Å². The van der Waals surface area contributed by atoms with Gasteiger partial charge in [-0.25, -0.2) is 0 Å². The third kappa shape index (κ3) is 4.19. The van der Waals surface area contributed by atoms with Crippen LogP contribution in [0.15, 0.2) is 18.2 Å². The molecule has 1 aromatic rings. The molecular weight excluding hydrogens is 268 g/mol. The number of likely N-dealkylation sites (N-methyl/N-ethyl adjacent to an activating group) is 2. The highest BCUT2D eigenvalue weighted by molar-refractivity contribution is 5.98. The zero-order valence-electron chi connectivity index (χ0n) is 13.0.